The zero-order valence-electron chi connectivity index (χ0n) is 20.9. The quantitative estimate of drug-likeness (QED) is 0.347. The molecule has 12 heteroatoms. The van der Waals surface area contributed by atoms with Gasteiger partial charge >= 0.3 is 29.6 Å². The van der Waals surface area contributed by atoms with Gasteiger partial charge < -0.3 is 20.8 Å². The topological polar surface area (TPSA) is 98.7 Å². The molecular formula is C24H22ClFN3NaO5S. The summed E-state index contributed by atoms with van der Waals surface area (Å²) in [4.78, 5) is 12.9. The third-order valence-electron chi connectivity index (χ3n) is 5.41. The van der Waals surface area contributed by atoms with Crippen LogP contribution in [0.25, 0.3) is 10.9 Å². The van der Waals surface area contributed by atoms with Crippen LogP contribution in [0.2, 0.25) is 5.02 Å². The van der Waals surface area contributed by atoms with Crippen LogP contribution in [0.3, 0.4) is 0 Å². The fraction of sp³-hybridized carbons (Fsp3) is 0.125. The Morgan fingerprint density at radius 3 is 2.36 bits per heavy atom. The molecule has 1 aromatic heterocycles. The molecule has 0 saturated heterocycles. The number of carbonyl (C=O) groups excluding carboxylic acids is 1. The van der Waals surface area contributed by atoms with Crippen LogP contribution < -0.4 is 49.1 Å². The SMILES string of the molecule is COc1ccc(S(=O)(=O)NC(=O)c2cc3c(Nc4ccc(F)c(OC)c4)ccc(Cl)c3n2C)cc1.[H-].[Na+]. The first-order valence-electron chi connectivity index (χ1n) is 10.2. The van der Waals surface area contributed by atoms with E-state index in [1.807, 2.05) is 0 Å². The molecule has 1 amide bonds. The van der Waals surface area contributed by atoms with E-state index in [2.05, 4.69) is 10.0 Å². The number of aromatic nitrogens is 1. The van der Waals surface area contributed by atoms with Gasteiger partial charge in [0.05, 0.1) is 29.7 Å². The smallest absolute Gasteiger partial charge is 1.00 e. The molecule has 0 saturated carbocycles. The summed E-state index contributed by atoms with van der Waals surface area (Å²) in [6.07, 6.45) is 0. The number of benzene rings is 3. The molecule has 0 aliphatic carbocycles. The first-order chi connectivity index (χ1) is 16.6. The second kappa shape index (κ2) is 11.1. The number of ether oxygens (including phenoxy) is 2. The molecule has 8 nitrogen and oxygen atoms in total. The van der Waals surface area contributed by atoms with Gasteiger partial charge in [-0.05, 0) is 54.6 Å². The van der Waals surface area contributed by atoms with Gasteiger partial charge in [-0.2, -0.15) is 0 Å². The molecule has 0 radical (unpaired) electrons. The van der Waals surface area contributed by atoms with Gasteiger partial charge in [0.25, 0.3) is 15.9 Å². The number of sulfonamides is 1. The van der Waals surface area contributed by atoms with Crippen molar-refractivity contribution in [1.82, 2.24) is 9.29 Å². The standard InChI is InChI=1S/C24H21ClFN3O5S.Na.H/c1-29-21(24(30)28-35(31,32)16-7-5-15(33-2)6-8-16)13-17-20(11-9-18(25)23(17)29)27-14-4-10-19(26)22(12-14)34-3;;/h4-13,27H,1-3H3,(H,28,30);;/q;+1;-1. The number of carbonyl (C=O) groups is 1. The Morgan fingerprint density at radius 1 is 1.03 bits per heavy atom. The van der Waals surface area contributed by atoms with Crippen LogP contribution in [-0.4, -0.2) is 33.1 Å². The van der Waals surface area contributed by atoms with Gasteiger partial charge in [-0.3, -0.25) is 4.79 Å². The van der Waals surface area contributed by atoms with E-state index in [1.54, 1.807) is 19.2 Å². The molecule has 0 aliphatic rings. The summed E-state index contributed by atoms with van der Waals surface area (Å²) in [5.74, 6) is -0.782. The minimum Gasteiger partial charge on any atom is -1.00 e. The Kier molecular flexibility index (Phi) is 8.58. The van der Waals surface area contributed by atoms with Gasteiger partial charge in [-0.15, -0.1) is 0 Å². The summed E-state index contributed by atoms with van der Waals surface area (Å²) < 4.78 is 52.9. The van der Waals surface area contributed by atoms with Crippen molar-refractivity contribution < 1.29 is 58.1 Å². The van der Waals surface area contributed by atoms with E-state index in [0.29, 0.717) is 33.0 Å². The molecular weight excluding hydrogens is 520 g/mol. The second-order valence-corrected chi connectivity index (χ2v) is 9.62. The van der Waals surface area contributed by atoms with E-state index in [-0.39, 0.29) is 47.3 Å². The number of hydrogen-bond acceptors (Lipinski definition) is 6. The average molecular weight is 542 g/mol. The van der Waals surface area contributed by atoms with Gasteiger partial charge in [-0.1, -0.05) is 11.6 Å². The maximum Gasteiger partial charge on any atom is 1.00 e. The largest absolute Gasteiger partial charge is 1.00 e. The van der Waals surface area contributed by atoms with E-state index in [0.717, 1.165) is 0 Å². The summed E-state index contributed by atoms with van der Waals surface area (Å²) in [7, 11) is 0.301. The first kappa shape index (κ1) is 27.8. The number of anilines is 2. The Bertz CT molecular complexity index is 1550. The van der Waals surface area contributed by atoms with Gasteiger partial charge in [-0.25, -0.2) is 17.5 Å². The molecule has 36 heavy (non-hydrogen) atoms. The maximum absolute atomic E-state index is 13.8. The van der Waals surface area contributed by atoms with E-state index >= 15 is 0 Å². The number of aryl methyl sites for hydroxylation is 1. The summed E-state index contributed by atoms with van der Waals surface area (Å²) in [6, 6.07) is 14.8. The van der Waals surface area contributed by atoms with E-state index < -0.39 is 21.7 Å². The van der Waals surface area contributed by atoms with Crippen LogP contribution >= 0.6 is 11.6 Å². The normalized spacial score (nSPS) is 11.0. The number of halogens is 2. The maximum atomic E-state index is 13.8. The van der Waals surface area contributed by atoms with Crippen LogP contribution in [0.4, 0.5) is 15.8 Å². The van der Waals surface area contributed by atoms with Crippen molar-refractivity contribution in [1.29, 1.82) is 0 Å². The van der Waals surface area contributed by atoms with Crippen molar-refractivity contribution in [3.05, 3.63) is 77.2 Å². The number of nitrogens with one attached hydrogen (secondary N) is 2. The fourth-order valence-electron chi connectivity index (χ4n) is 3.63. The number of methoxy groups -OCH3 is 2. The molecule has 0 fully saturated rings. The Morgan fingerprint density at radius 2 is 1.72 bits per heavy atom. The summed E-state index contributed by atoms with van der Waals surface area (Å²) in [5.41, 5.74) is 1.71. The summed E-state index contributed by atoms with van der Waals surface area (Å²) in [5, 5.41) is 4.09. The fourth-order valence-corrected chi connectivity index (χ4v) is 4.88. The molecule has 0 spiro atoms. The van der Waals surface area contributed by atoms with Crippen molar-refractivity contribution in [2.45, 2.75) is 4.90 Å². The van der Waals surface area contributed by atoms with Gasteiger partial charge in [0, 0.05) is 29.9 Å². The minimum atomic E-state index is -4.13. The average Bonchev–Trinajstić information content (AvgIpc) is 3.20. The second-order valence-electron chi connectivity index (χ2n) is 7.53. The van der Waals surface area contributed by atoms with Crippen molar-refractivity contribution in [2.75, 3.05) is 19.5 Å². The van der Waals surface area contributed by atoms with Gasteiger partial charge in [0.15, 0.2) is 11.6 Å². The molecule has 0 aliphatic heterocycles. The number of fused-ring (bicyclic) bond motifs is 1. The molecule has 2 N–H and O–H groups in total. The van der Waals surface area contributed by atoms with Crippen molar-refractivity contribution in [3.63, 3.8) is 0 Å². The predicted molar refractivity (Wildman–Crippen MR) is 133 cm³/mol. The van der Waals surface area contributed by atoms with Crippen molar-refractivity contribution >= 4 is 49.8 Å². The van der Waals surface area contributed by atoms with Gasteiger partial charge in [0.2, 0.25) is 0 Å². The van der Waals surface area contributed by atoms with Crippen LogP contribution in [0.1, 0.15) is 11.9 Å². The van der Waals surface area contributed by atoms with Crippen LogP contribution in [0.15, 0.2) is 65.6 Å². The van der Waals surface area contributed by atoms with Gasteiger partial charge in [0.1, 0.15) is 11.4 Å². The Balaban J connectivity index is 0.00000241. The Labute approximate surface area is 236 Å². The number of nitrogens with zero attached hydrogens (tertiary/aromatic N) is 1. The molecule has 1 heterocycles. The molecule has 0 bridgehead atoms. The molecule has 3 aromatic carbocycles. The van der Waals surface area contributed by atoms with Crippen LogP contribution in [0, 0.1) is 5.82 Å². The zero-order valence-corrected chi connectivity index (χ0v) is 23.5. The van der Waals surface area contributed by atoms with E-state index in [9.17, 15) is 17.6 Å². The molecule has 4 rings (SSSR count). The zero-order chi connectivity index (χ0) is 25.3. The first-order valence-corrected chi connectivity index (χ1v) is 12.1. The third-order valence-corrected chi connectivity index (χ3v) is 7.06. The van der Waals surface area contributed by atoms with E-state index in [4.69, 9.17) is 21.1 Å². The van der Waals surface area contributed by atoms with E-state index in [1.165, 1.54) is 67.3 Å². The summed E-state index contributed by atoms with van der Waals surface area (Å²) in [6.45, 7) is 0. The van der Waals surface area contributed by atoms with Crippen molar-refractivity contribution in [2.24, 2.45) is 7.05 Å². The monoisotopic (exact) mass is 541 g/mol. The predicted octanol–water partition coefficient (Wildman–Crippen LogP) is 1.97. The van der Waals surface area contributed by atoms with Crippen molar-refractivity contribution in [3.8, 4) is 11.5 Å². The van der Waals surface area contributed by atoms with Crippen LogP contribution in [-0.2, 0) is 17.1 Å². The molecule has 184 valence electrons. The number of rotatable bonds is 7. The summed E-state index contributed by atoms with van der Waals surface area (Å²) >= 11 is 6.40. The van der Waals surface area contributed by atoms with Crippen LogP contribution in [0.5, 0.6) is 11.5 Å². The molecule has 0 atom stereocenters. The Hall–Kier alpha value is -2.76. The minimum absolute atomic E-state index is 0. The number of hydrogen-bond donors (Lipinski definition) is 2. The third kappa shape index (κ3) is 5.47. The molecule has 4 aromatic rings. The molecule has 0 unspecified atom stereocenters. The number of amides is 1.